The minimum Gasteiger partial charge on any atom is -0.460 e. The molecule has 1 N–H and O–H groups in total. The number of aromatic nitrogens is 3. The molecule has 33 heavy (non-hydrogen) atoms. The van der Waals surface area contributed by atoms with Crippen LogP contribution in [0.2, 0.25) is 0 Å². The summed E-state index contributed by atoms with van der Waals surface area (Å²) in [6, 6.07) is 4.50. The fraction of sp³-hybridized carbons (Fsp3) is 0.333. The Morgan fingerprint density at radius 3 is 2.42 bits per heavy atom. The van der Waals surface area contributed by atoms with Crippen LogP contribution in [-0.2, 0) is 4.74 Å². The van der Waals surface area contributed by atoms with Gasteiger partial charge in [0.15, 0.2) is 5.11 Å². The van der Waals surface area contributed by atoms with E-state index in [1.807, 2.05) is 4.90 Å². The molecule has 0 amide bonds. The molecule has 0 spiro atoms. The number of nitrogens with one attached hydrogen (secondary N) is 1. The number of thiocarbonyl (C=S) groups is 1. The zero-order valence-electron chi connectivity index (χ0n) is 17.7. The highest BCUT2D eigenvalue weighted by atomic mass is 79.9. The number of benzene rings is 1. The quantitative estimate of drug-likeness (QED) is 0.357. The number of anilines is 1. The van der Waals surface area contributed by atoms with Gasteiger partial charge in [-0.2, -0.15) is 0 Å². The fourth-order valence-electron chi connectivity index (χ4n) is 2.74. The maximum absolute atomic E-state index is 13.3. The Kier molecular flexibility index (Phi) is 9.34. The zero-order valence-corrected chi connectivity index (χ0v) is 20.1. The molecule has 2 heterocycles. The van der Waals surface area contributed by atoms with Crippen molar-refractivity contribution in [1.82, 2.24) is 19.9 Å². The van der Waals surface area contributed by atoms with Gasteiger partial charge in [-0.15, -0.1) is 15.0 Å². The molecule has 0 radical (unpaired) electrons. The first-order chi connectivity index (χ1) is 16.0. The number of rotatable bonds is 10. The molecule has 2 aromatic rings. The molecule has 1 aromatic heterocycles. The van der Waals surface area contributed by atoms with Crippen molar-refractivity contribution >= 4 is 38.9 Å². The number of hydrogen-bond donors (Lipinski definition) is 1. The Balaban J connectivity index is 1.59. The summed E-state index contributed by atoms with van der Waals surface area (Å²) < 4.78 is 36.2. The predicted molar refractivity (Wildman–Crippen MR) is 128 cm³/mol. The second-order valence-electron chi connectivity index (χ2n) is 6.69. The van der Waals surface area contributed by atoms with Crippen LogP contribution in [0.3, 0.4) is 0 Å². The monoisotopic (exact) mass is 539 g/mol. The van der Waals surface area contributed by atoms with Crippen molar-refractivity contribution in [2.45, 2.75) is 6.10 Å². The van der Waals surface area contributed by atoms with Gasteiger partial charge < -0.3 is 29.2 Å². The molecule has 0 aliphatic carbocycles. The molecule has 1 unspecified atom stereocenters. The highest BCUT2D eigenvalue weighted by Crippen LogP contribution is 2.24. The van der Waals surface area contributed by atoms with E-state index in [0.29, 0.717) is 35.0 Å². The lowest BCUT2D eigenvalue weighted by Crippen LogP contribution is -2.49. The zero-order chi connectivity index (χ0) is 23.6. The van der Waals surface area contributed by atoms with Gasteiger partial charge in [0.2, 0.25) is 0 Å². The normalized spacial score (nSPS) is 15.5. The molecule has 3 rings (SSSR count). The van der Waals surface area contributed by atoms with Crippen LogP contribution in [0.25, 0.3) is 0 Å². The van der Waals surface area contributed by atoms with Crippen LogP contribution >= 0.6 is 28.1 Å². The van der Waals surface area contributed by atoms with Crippen LogP contribution in [0.4, 0.5) is 10.1 Å². The maximum Gasteiger partial charge on any atom is 0.326 e. The summed E-state index contributed by atoms with van der Waals surface area (Å²) in [6.45, 7) is 9.35. The molecule has 1 aliphatic heterocycles. The molecule has 0 saturated carbocycles. The standard InChI is InChI=1S/C21H23BrFN5O4S/c1-3-8-30-18-25-19(31-9-4-2)27-20(26-18)32-13-15-12-28(7-10-29-15)21(33)24-17-6-5-14(23)11-16(17)22/h3-6,11,15H,1-2,7-10,12-13H2,(H,24,33). The molecule has 0 bridgehead atoms. The van der Waals surface area contributed by atoms with Crippen LogP contribution in [0, 0.1) is 5.82 Å². The first kappa shape index (κ1) is 24.8. The number of morpholine rings is 1. The van der Waals surface area contributed by atoms with Gasteiger partial charge in [0.1, 0.15) is 31.7 Å². The minimum atomic E-state index is -0.337. The van der Waals surface area contributed by atoms with E-state index >= 15 is 0 Å². The Morgan fingerprint density at radius 1 is 1.18 bits per heavy atom. The molecular formula is C21H23BrFN5O4S. The van der Waals surface area contributed by atoms with E-state index in [1.165, 1.54) is 12.1 Å². The topological polar surface area (TPSA) is 90.9 Å². The molecule has 1 fully saturated rings. The molecule has 12 heteroatoms. The van der Waals surface area contributed by atoms with Crippen LogP contribution in [-0.4, -0.2) is 70.6 Å². The predicted octanol–water partition coefficient (Wildman–Crippen LogP) is 3.38. The Labute approximate surface area is 204 Å². The van der Waals surface area contributed by atoms with Crippen molar-refractivity contribution in [3.05, 3.63) is 53.8 Å². The van der Waals surface area contributed by atoms with Crippen molar-refractivity contribution in [3.63, 3.8) is 0 Å². The maximum atomic E-state index is 13.3. The summed E-state index contributed by atoms with van der Waals surface area (Å²) in [4.78, 5) is 14.3. The molecule has 1 aliphatic rings. The average molecular weight is 540 g/mol. The summed E-state index contributed by atoms with van der Waals surface area (Å²) in [7, 11) is 0. The van der Waals surface area contributed by atoms with Gasteiger partial charge in [-0.3, -0.25) is 0 Å². The van der Waals surface area contributed by atoms with Crippen molar-refractivity contribution in [2.24, 2.45) is 0 Å². The highest BCUT2D eigenvalue weighted by Gasteiger charge is 2.24. The summed E-state index contributed by atoms with van der Waals surface area (Å²) in [5.74, 6) is -0.337. The van der Waals surface area contributed by atoms with E-state index in [0.717, 1.165) is 0 Å². The van der Waals surface area contributed by atoms with Gasteiger partial charge >= 0.3 is 18.0 Å². The van der Waals surface area contributed by atoms with E-state index in [2.05, 4.69) is 49.4 Å². The van der Waals surface area contributed by atoms with Gasteiger partial charge in [-0.25, -0.2) is 4.39 Å². The number of ether oxygens (including phenoxy) is 4. The molecular weight excluding hydrogens is 517 g/mol. The molecule has 9 nitrogen and oxygen atoms in total. The van der Waals surface area contributed by atoms with E-state index in [4.69, 9.17) is 31.2 Å². The van der Waals surface area contributed by atoms with Crippen LogP contribution in [0.15, 0.2) is 48.0 Å². The van der Waals surface area contributed by atoms with E-state index in [9.17, 15) is 4.39 Å². The molecule has 1 atom stereocenters. The third-order valence-electron chi connectivity index (χ3n) is 4.23. The number of halogens is 2. The first-order valence-electron chi connectivity index (χ1n) is 9.97. The third-order valence-corrected chi connectivity index (χ3v) is 5.25. The van der Waals surface area contributed by atoms with Gasteiger partial charge in [-0.1, -0.05) is 25.3 Å². The lowest BCUT2D eigenvalue weighted by Gasteiger charge is -2.34. The SMILES string of the molecule is C=CCOc1nc(OCC=C)nc(OCC2CN(C(=S)Nc3ccc(F)cc3Br)CCO2)n1. The largest absolute Gasteiger partial charge is 0.460 e. The van der Waals surface area contributed by atoms with Crippen LogP contribution < -0.4 is 19.5 Å². The molecule has 1 aromatic carbocycles. The summed E-state index contributed by atoms with van der Waals surface area (Å²) >= 11 is 8.85. The summed E-state index contributed by atoms with van der Waals surface area (Å²) in [5, 5.41) is 3.62. The van der Waals surface area contributed by atoms with Gasteiger partial charge in [0.05, 0.1) is 12.3 Å². The second kappa shape index (κ2) is 12.4. The first-order valence-corrected chi connectivity index (χ1v) is 11.2. The second-order valence-corrected chi connectivity index (χ2v) is 7.93. The van der Waals surface area contributed by atoms with Crippen molar-refractivity contribution in [1.29, 1.82) is 0 Å². The lowest BCUT2D eigenvalue weighted by molar-refractivity contribution is -0.0298. The average Bonchev–Trinajstić information content (AvgIpc) is 2.82. The van der Waals surface area contributed by atoms with Crippen molar-refractivity contribution in [3.8, 4) is 18.0 Å². The van der Waals surface area contributed by atoms with Gasteiger partial charge in [0, 0.05) is 17.6 Å². The summed E-state index contributed by atoms with van der Waals surface area (Å²) in [6.07, 6.45) is 2.85. The Hall–Kier alpha value is -2.83. The summed E-state index contributed by atoms with van der Waals surface area (Å²) in [5.41, 5.74) is 0.671. The fourth-order valence-corrected chi connectivity index (χ4v) is 3.46. The highest BCUT2D eigenvalue weighted by molar-refractivity contribution is 9.10. The Morgan fingerprint density at radius 2 is 1.82 bits per heavy atom. The molecule has 176 valence electrons. The minimum absolute atomic E-state index is 0.0415. The van der Waals surface area contributed by atoms with Gasteiger partial charge in [-0.05, 0) is 46.3 Å². The molecule has 1 saturated heterocycles. The lowest BCUT2D eigenvalue weighted by atomic mass is 10.3. The van der Waals surface area contributed by atoms with E-state index in [-0.39, 0.29) is 49.8 Å². The third kappa shape index (κ3) is 7.62. The Bertz CT molecular complexity index is 969. The van der Waals surface area contributed by atoms with Crippen molar-refractivity contribution < 1.29 is 23.3 Å². The van der Waals surface area contributed by atoms with Crippen LogP contribution in [0.5, 0.6) is 18.0 Å². The number of nitrogens with zero attached hydrogens (tertiary/aromatic N) is 4. The number of hydrogen-bond acceptors (Lipinski definition) is 8. The van der Waals surface area contributed by atoms with E-state index in [1.54, 1.807) is 18.2 Å². The van der Waals surface area contributed by atoms with E-state index < -0.39 is 0 Å². The van der Waals surface area contributed by atoms with Crippen LogP contribution in [0.1, 0.15) is 0 Å². The smallest absolute Gasteiger partial charge is 0.326 e. The van der Waals surface area contributed by atoms with Gasteiger partial charge in [0.25, 0.3) is 0 Å². The van der Waals surface area contributed by atoms with Crippen molar-refractivity contribution in [2.75, 3.05) is 44.8 Å².